The van der Waals surface area contributed by atoms with Crippen molar-refractivity contribution in [2.75, 3.05) is 14.2 Å². The summed E-state index contributed by atoms with van der Waals surface area (Å²) >= 11 is 6.23. The molecule has 1 atom stereocenters. The highest BCUT2D eigenvalue weighted by molar-refractivity contribution is 6.31. The molecule has 5 nitrogen and oxygen atoms in total. The van der Waals surface area contributed by atoms with E-state index in [2.05, 4.69) is 5.32 Å². The van der Waals surface area contributed by atoms with E-state index in [-0.39, 0.29) is 24.8 Å². The van der Waals surface area contributed by atoms with E-state index in [9.17, 15) is 9.59 Å². The van der Waals surface area contributed by atoms with Crippen molar-refractivity contribution < 1.29 is 14.3 Å². The van der Waals surface area contributed by atoms with Gasteiger partial charge >= 0.3 is 0 Å². The summed E-state index contributed by atoms with van der Waals surface area (Å²) < 4.78 is 5.14. The molecule has 0 heterocycles. The normalized spacial score (nSPS) is 11.5. The van der Waals surface area contributed by atoms with Crippen LogP contribution < -0.4 is 10.1 Å². The first-order valence-electron chi connectivity index (χ1n) is 8.33. The van der Waals surface area contributed by atoms with Crippen molar-refractivity contribution in [3.8, 4) is 5.75 Å². The van der Waals surface area contributed by atoms with Crippen LogP contribution in [0, 0.1) is 0 Å². The molecule has 0 aliphatic heterocycles. The molecule has 0 unspecified atom stereocenters. The van der Waals surface area contributed by atoms with Crippen LogP contribution in [0.4, 0.5) is 0 Å². The van der Waals surface area contributed by atoms with Crippen LogP contribution >= 0.6 is 11.6 Å². The van der Waals surface area contributed by atoms with Crippen LogP contribution in [0.25, 0.3) is 0 Å². The van der Waals surface area contributed by atoms with Crippen molar-refractivity contribution in [3.63, 3.8) is 0 Å². The molecule has 0 bridgehead atoms. The number of nitrogens with zero attached hydrogens (tertiary/aromatic N) is 1. The van der Waals surface area contributed by atoms with Gasteiger partial charge in [-0.15, -0.1) is 0 Å². The molecule has 26 heavy (non-hydrogen) atoms. The fraction of sp³-hybridized carbons (Fsp3) is 0.300. The largest absolute Gasteiger partial charge is 0.497 e. The Bertz CT molecular complexity index is 762. The Morgan fingerprint density at radius 1 is 1.15 bits per heavy atom. The number of carbonyl (C=O) groups is 2. The second kappa shape index (κ2) is 9.25. The zero-order chi connectivity index (χ0) is 19.1. The topological polar surface area (TPSA) is 58.6 Å². The molecule has 2 aromatic carbocycles. The van der Waals surface area contributed by atoms with Gasteiger partial charge in [-0.05, 0) is 36.2 Å². The highest BCUT2D eigenvalue weighted by Gasteiger charge is 2.26. The molecule has 2 rings (SSSR count). The van der Waals surface area contributed by atoms with Gasteiger partial charge in [0.25, 0.3) is 0 Å². The minimum atomic E-state index is -0.609. The van der Waals surface area contributed by atoms with Crippen molar-refractivity contribution >= 4 is 23.4 Å². The average Bonchev–Trinajstić information content (AvgIpc) is 2.66. The lowest BCUT2D eigenvalue weighted by Gasteiger charge is -2.28. The first-order valence-corrected chi connectivity index (χ1v) is 8.71. The van der Waals surface area contributed by atoms with Gasteiger partial charge in [0.15, 0.2) is 0 Å². The highest BCUT2D eigenvalue weighted by atomic mass is 35.5. The number of rotatable bonds is 7. The molecule has 138 valence electrons. The number of benzene rings is 2. The van der Waals surface area contributed by atoms with Crippen molar-refractivity contribution in [1.82, 2.24) is 10.2 Å². The van der Waals surface area contributed by atoms with Crippen LogP contribution in [-0.2, 0) is 22.6 Å². The highest BCUT2D eigenvalue weighted by Crippen LogP contribution is 2.20. The Labute approximate surface area is 158 Å². The van der Waals surface area contributed by atoms with Gasteiger partial charge in [-0.25, -0.2) is 0 Å². The van der Waals surface area contributed by atoms with E-state index < -0.39 is 6.04 Å². The van der Waals surface area contributed by atoms with Gasteiger partial charge in [0.2, 0.25) is 11.8 Å². The van der Waals surface area contributed by atoms with Crippen molar-refractivity contribution in [2.24, 2.45) is 0 Å². The molecule has 0 fully saturated rings. The molecule has 0 aromatic heterocycles. The zero-order valence-electron chi connectivity index (χ0n) is 15.2. The van der Waals surface area contributed by atoms with Crippen LogP contribution in [0.5, 0.6) is 5.75 Å². The molecule has 0 spiro atoms. The molecule has 0 saturated carbocycles. The third kappa shape index (κ3) is 4.99. The van der Waals surface area contributed by atoms with Gasteiger partial charge in [-0.1, -0.05) is 41.9 Å². The van der Waals surface area contributed by atoms with Gasteiger partial charge in [0, 0.05) is 18.6 Å². The number of amides is 2. The summed E-state index contributed by atoms with van der Waals surface area (Å²) in [5, 5.41) is 3.17. The van der Waals surface area contributed by atoms with Crippen LogP contribution in [0.15, 0.2) is 48.5 Å². The predicted octanol–water partition coefficient (Wildman–Crippen LogP) is 3.05. The quantitative estimate of drug-likeness (QED) is 0.810. The second-order valence-corrected chi connectivity index (χ2v) is 6.34. The molecule has 2 aromatic rings. The molecule has 0 aliphatic rings. The van der Waals surface area contributed by atoms with Crippen molar-refractivity contribution in [2.45, 2.75) is 25.9 Å². The molecule has 2 amide bonds. The summed E-state index contributed by atoms with van der Waals surface area (Å²) in [6, 6.07) is 14.0. The van der Waals surface area contributed by atoms with E-state index in [0.717, 1.165) is 16.9 Å². The lowest BCUT2D eigenvalue weighted by molar-refractivity contribution is -0.139. The van der Waals surface area contributed by atoms with Crippen molar-refractivity contribution in [1.29, 1.82) is 0 Å². The summed E-state index contributed by atoms with van der Waals surface area (Å²) in [5.74, 6) is 0.360. The molecule has 1 N–H and O–H groups in total. The maximum absolute atomic E-state index is 12.9. The van der Waals surface area contributed by atoms with Crippen LogP contribution in [0.3, 0.4) is 0 Å². The molecule has 0 radical (unpaired) electrons. The van der Waals surface area contributed by atoms with Gasteiger partial charge in [0.1, 0.15) is 11.8 Å². The minimum Gasteiger partial charge on any atom is -0.497 e. The number of nitrogens with one attached hydrogen (secondary N) is 1. The fourth-order valence-corrected chi connectivity index (χ4v) is 2.82. The van der Waals surface area contributed by atoms with E-state index in [1.54, 1.807) is 32.0 Å². The summed E-state index contributed by atoms with van der Waals surface area (Å²) in [6.07, 6.45) is 0.190. The molecule has 0 aliphatic carbocycles. The van der Waals surface area contributed by atoms with Gasteiger partial charge < -0.3 is 15.0 Å². The Balaban J connectivity index is 2.22. The Hall–Kier alpha value is -2.53. The number of hydrogen-bond acceptors (Lipinski definition) is 3. The fourth-order valence-electron chi connectivity index (χ4n) is 2.62. The van der Waals surface area contributed by atoms with E-state index in [4.69, 9.17) is 16.3 Å². The number of ether oxygens (including phenoxy) is 1. The lowest BCUT2D eigenvalue weighted by atomic mass is 10.1. The Kier molecular flexibility index (Phi) is 7.04. The Morgan fingerprint density at radius 2 is 1.81 bits per heavy atom. The van der Waals surface area contributed by atoms with E-state index in [0.29, 0.717) is 5.02 Å². The molecule has 6 heteroatoms. The van der Waals surface area contributed by atoms with Crippen LogP contribution in [-0.4, -0.2) is 36.9 Å². The summed E-state index contributed by atoms with van der Waals surface area (Å²) in [7, 11) is 3.15. The monoisotopic (exact) mass is 374 g/mol. The number of carbonyl (C=O) groups excluding carboxylic acids is 2. The number of halogens is 1. The summed E-state index contributed by atoms with van der Waals surface area (Å²) in [4.78, 5) is 26.6. The smallest absolute Gasteiger partial charge is 0.242 e. The maximum atomic E-state index is 12.9. The number of methoxy groups -OCH3 is 1. The second-order valence-electron chi connectivity index (χ2n) is 5.93. The van der Waals surface area contributed by atoms with Crippen LogP contribution in [0.1, 0.15) is 18.1 Å². The van der Waals surface area contributed by atoms with Crippen molar-refractivity contribution in [3.05, 3.63) is 64.7 Å². The predicted molar refractivity (Wildman–Crippen MR) is 102 cm³/mol. The standard InChI is InChI=1S/C20H23ClN2O3/c1-14(20(25)22-2)23(13-16-6-4-5-7-18(16)21)19(24)12-15-8-10-17(26-3)11-9-15/h4-11,14H,12-13H2,1-3H3,(H,22,25)/t14-/m0/s1. The minimum absolute atomic E-state index is 0.147. The van der Waals surface area contributed by atoms with Gasteiger partial charge in [-0.2, -0.15) is 0 Å². The lowest BCUT2D eigenvalue weighted by Crippen LogP contribution is -2.47. The molecule has 0 saturated heterocycles. The summed E-state index contributed by atoms with van der Waals surface area (Å²) in [6.45, 7) is 1.98. The summed E-state index contributed by atoms with van der Waals surface area (Å²) in [5.41, 5.74) is 1.65. The number of likely N-dealkylation sites (N-methyl/N-ethyl adjacent to an activating group) is 1. The van der Waals surface area contributed by atoms with E-state index in [1.165, 1.54) is 0 Å². The molecular formula is C20H23ClN2O3. The average molecular weight is 375 g/mol. The van der Waals surface area contributed by atoms with Gasteiger partial charge in [0.05, 0.1) is 13.5 Å². The first-order chi connectivity index (χ1) is 12.5. The first kappa shape index (κ1) is 19.8. The number of hydrogen-bond donors (Lipinski definition) is 1. The zero-order valence-corrected chi connectivity index (χ0v) is 15.9. The molecular weight excluding hydrogens is 352 g/mol. The Morgan fingerprint density at radius 3 is 2.38 bits per heavy atom. The third-order valence-electron chi connectivity index (χ3n) is 4.23. The van der Waals surface area contributed by atoms with E-state index in [1.807, 2.05) is 42.5 Å². The SMILES string of the molecule is CNC(=O)[C@H](C)N(Cc1ccccc1Cl)C(=O)Cc1ccc(OC)cc1. The van der Waals surface area contributed by atoms with Gasteiger partial charge in [-0.3, -0.25) is 9.59 Å². The maximum Gasteiger partial charge on any atom is 0.242 e. The van der Waals surface area contributed by atoms with E-state index >= 15 is 0 Å². The third-order valence-corrected chi connectivity index (χ3v) is 4.60. The van der Waals surface area contributed by atoms with Crippen LogP contribution in [0.2, 0.25) is 5.02 Å².